The van der Waals surface area contributed by atoms with Gasteiger partial charge in [-0.1, -0.05) is 54.6 Å². The van der Waals surface area contributed by atoms with Crippen molar-refractivity contribution in [3.8, 4) is 0 Å². The van der Waals surface area contributed by atoms with Gasteiger partial charge in [-0.05, 0) is 23.6 Å². The number of alkyl carbamates (subject to hydrolysis) is 1. The monoisotopic (exact) mass is 335 g/mol. The molecule has 25 heavy (non-hydrogen) atoms. The highest BCUT2D eigenvalue weighted by atomic mass is 16.5. The predicted octanol–water partition coefficient (Wildman–Crippen LogP) is 3.90. The van der Waals surface area contributed by atoms with Crippen molar-refractivity contribution in [2.24, 2.45) is 7.05 Å². The molecule has 0 saturated heterocycles. The van der Waals surface area contributed by atoms with Gasteiger partial charge in [-0.15, -0.1) is 0 Å². The molecule has 2 aromatic carbocycles. The molecular weight excluding hydrogens is 314 g/mol. The molecule has 0 unspecified atom stereocenters. The Morgan fingerprint density at radius 1 is 1.24 bits per heavy atom. The van der Waals surface area contributed by atoms with Crippen LogP contribution in [0.3, 0.4) is 0 Å². The van der Waals surface area contributed by atoms with E-state index in [1.54, 1.807) is 0 Å². The van der Waals surface area contributed by atoms with E-state index < -0.39 is 6.09 Å². The second-order valence-corrected chi connectivity index (χ2v) is 5.77. The molecule has 128 valence electrons. The molecule has 0 atom stereocenters. The first-order valence-electron chi connectivity index (χ1n) is 8.25. The van der Waals surface area contributed by atoms with Gasteiger partial charge in [-0.2, -0.15) is 5.10 Å². The number of nitrogens with one attached hydrogen (secondary N) is 1. The minimum Gasteiger partial charge on any atom is -0.445 e. The number of hydrogen-bond donors (Lipinski definition) is 1. The maximum Gasteiger partial charge on any atom is 0.407 e. The molecule has 0 saturated carbocycles. The van der Waals surface area contributed by atoms with E-state index in [2.05, 4.69) is 28.6 Å². The quantitative estimate of drug-likeness (QED) is 0.695. The molecule has 1 N–H and O–H groups in total. The lowest BCUT2D eigenvalue weighted by Crippen LogP contribution is -2.24. The van der Waals surface area contributed by atoms with Crippen molar-refractivity contribution >= 4 is 23.1 Å². The highest BCUT2D eigenvalue weighted by molar-refractivity contribution is 5.81. The summed E-state index contributed by atoms with van der Waals surface area (Å²) in [5, 5.41) is 8.11. The lowest BCUT2D eigenvalue weighted by atomic mass is 10.1. The van der Waals surface area contributed by atoms with Gasteiger partial charge >= 0.3 is 6.09 Å². The molecule has 0 spiro atoms. The Balaban J connectivity index is 1.40. The van der Waals surface area contributed by atoms with E-state index in [1.807, 2.05) is 60.4 Å². The van der Waals surface area contributed by atoms with E-state index >= 15 is 0 Å². The Labute approximate surface area is 146 Å². The van der Waals surface area contributed by atoms with Gasteiger partial charge in [0.05, 0.1) is 11.7 Å². The third-order valence-corrected chi connectivity index (χ3v) is 3.88. The van der Waals surface area contributed by atoms with E-state index in [1.165, 1.54) is 0 Å². The Morgan fingerprint density at radius 3 is 2.92 bits per heavy atom. The van der Waals surface area contributed by atoms with E-state index in [9.17, 15) is 4.79 Å². The number of aryl methyl sites for hydroxylation is 1. The average Bonchev–Trinajstić information content (AvgIpc) is 3.01. The first-order valence-corrected chi connectivity index (χ1v) is 8.25. The molecule has 3 rings (SSSR count). The van der Waals surface area contributed by atoms with Crippen molar-refractivity contribution in [1.29, 1.82) is 0 Å². The van der Waals surface area contributed by atoms with Crippen molar-refractivity contribution < 1.29 is 9.53 Å². The highest BCUT2D eigenvalue weighted by Gasteiger charge is 2.01. The van der Waals surface area contributed by atoms with Crippen LogP contribution in [-0.4, -0.2) is 22.4 Å². The lowest BCUT2D eigenvalue weighted by Gasteiger charge is -2.05. The molecule has 0 radical (unpaired) electrons. The van der Waals surface area contributed by atoms with E-state index in [-0.39, 0.29) is 6.61 Å². The molecule has 5 nitrogen and oxygen atoms in total. The van der Waals surface area contributed by atoms with Crippen molar-refractivity contribution in [2.75, 3.05) is 6.54 Å². The Bertz CT molecular complexity index is 869. The van der Waals surface area contributed by atoms with Crippen LogP contribution < -0.4 is 5.32 Å². The van der Waals surface area contributed by atoms with Crippen LogP contribution in [0.25, 0.3) is 17.0 Å². The van der Waals surface area contributed by atoms with Crippen molar-refractivity contribution in [3.05, 3.63) is 71.9 Å². The highest BCUT2D eigenvalue weighted by Crippen LogP contribution is 2.15. The molecule has 0 fully saturated rings. The Hall–Kier alpha value is -3.08. The number of nitrogens with zero attached hydrogens (tertiary/aromatic N) is 2. The van der Waals surface area contributed by atoms with Crippen LogP contribution in [0.15, 0.2) is 60.8 Å². The minimum absolute atomic E-state index is 0.285. The van der Waals surface area contributed by atoms with E-state index in [0.29, 0.717) is 6.54 Å². The number of ether oxygens (including phenoxy) is 1. The molecular formula is C20H21N3O2. The Morgan fingerprint density at radius 2 is 2.08 bits per heavy atom. The maximum atomic E-state index is 11.6. The predicted molar refractivity (Wildman–Crippen MR) is 99.0 cm³/mol. The first-order chi connectivity index (χ1) is 12.2. The summed E-state index contributed by atoms with van der Waals surface area (Å²) < 4.78 is 7.02. The van der Waals surface area contributed by atoms with Gasteiger partial charge in [-0.25, -0.2) is 4.79 Å². The second-order valence-electron chi connectivity index (χ2n) is 5.77. The maximum absolute atomic E-state index is 11.6. The number of rotatable bonds is 6. The number of amides is 1. The van der Waals surface area contributed by atoms with Crippen molar-refractivity contribution in [1.82, 2.24) is 15.1 Å². The summed E-state index contributed by atoms with van der Waals surface area (Å²) >= 11 is 0. The molecule has 1 heterocycles. The number of hydrogen-bond acceptors (Lipinski definition) is 3. The van der Waals surface area contributed by atoms with Crippen LogP contribution in [0, 0.1) is 0 Å². The molecule has 1 amide bonds. The number of carbonyl (C=O) groups is 1. The molecule has 0 bridgehead atoms. The molecule has 5 heteroatoms. The summed E-state index contributed by atoms with van der Waals surface area (Å²) in [5.74, 6) is 0. The summed E-state index contributed by atoms with van der Waals surface area (Å²) in [6.07, 6.45) is 6.28. The zero-order valence-electron chi connectivity index (χ0n) is 14.2. The third-order valence-electron chi connectivity index (χ3n) is 3.88. The first kappa shape index (κ1) is 16.8. The van der Waals surface area contributed by atoms with Crippen LogP contribution in [-0.2, 0) is 18.4 Å². The largest absolute Gasteiger partial charge is 0.445 e. The van der Waals surface area contributed by atoms with Crippen molar-refractivity contribution in [2.45, 2.75) is 13.0 Å². The van der Waals surface area contributed by atoms with Crippen molar-refractivity contribution in [3.63, 3.8) is 0 Å². The topological polar surface area (TPSA) is 56.2 Å². The van der Waals surface area contributed by atoms with Gasteiger partial charge in [0.2, 0.25) is 0 Å². The van der Waals surface area contributed by atoms with Gasteiger partial charge in [0.25, 0.3) is 0 Å². The fourth-order valence-electron chi connectivity index (χ4n) is 2.52. The Kier molecular flexibility index (Phi) is 5.46. The lowest BCUT2D eigenvalue weighted by molar-refractivity contribution is 0.140. The number of aromatic nitrogens is 2. The van der Waals surface area contributed by atoms with Crippen LogP contribution in [0.4, 0.5) is 4.79 Å². The fourth-order valence-corrected chi connectivity index (χ4v) is 2.52. The van der Waals surface area contributed by atoms with Gasteiger partial charge in [0.1, 0.15) is 6.61 Å². The summed E-state index contributed by atoms with van der Waals surface area (Å²) in [4.78, 5) is 11.6. The number of carbonyl (C=O) groups excluding carboxylic acids is 1. The SMILES string of the molecule is Cn1ncc2ccc(C=CCCNC(=O)OCc3ccccc3)cc21. The normalized spacial score (nSPS) is 11.1. The molecule has 0 aliphatic heterocycles. The molecule has 0 aliphatic carbocycles. The number of fused-ring (bicyclic) bond motifs is 1. The second kappa shape index (κ2) is 8.15. The smallest absolute Gasteiger partial charge is 0.407 e. The van der Waals surface area contributed by atoms with Crippen LogP contribution in [0.1, 0.15) is 17.5 Å². The van der Waals surface area contributed by atoms with Gasteiger partial charge in [-0.3, -0.25) is 4.68 Å². The zero-order valence-corrected chi connectivity index (χ0v) is 14.2. The van der Waals surface area contributed by atoms with Gasteiger partial charge in [0.15, 0.2) is 0 Å². The van der Waals surface area contributed by atoms with Gasteiger partial charge in [0, 0.05) is 19.0 Å². The number of benzene rings is 2. The summed E-state index contributed by atoms with van der Waals surface area (Å²) in [7, 11) is 1.93. The van der Waals surface area contributed by atoms with Gasteiger partial charge < -0.3 is 10.1 Å². The van der Waals surface area contributed by atoms with E-state index in [4.69, 9.17) is 4.74 Å². The fraction of sp³-hybridized carbons (Fsp3) is 0.200. The molecule has 0 aliphatic rings. The zero-order chi connectivity index (χ0) is 17.5. The molecule has 3 aromatic rings. The van der Waals surface area contributed by atoms with E-state index in [0.717, 1.165) is 28.5 Å². The van der Waals surface area contributed by atoms with Crippen LogP contribution >= 0.6 is 0 Å². The van der Waals surface area contributed by atoms with Crippen LogP contribution in [0.5, 0.6) is 0 Å². The minimum atomic E-state index is -0.395. The standard InChI is InChI=1S/C20H21N3O2/c1-23-19-13-16(10-11-18(19)14-22-23)7-5-6-12-21-20(24)25-15-17-8-3-2-4-9-17/h2-5,7-11,13-14H,6,12,15H2,1H3,(H,21,24). The summed E-state index contributed by atoms with van der Waals surface area (Å²) in [6, 6.07) is 15.8. The summed E-state index contributed by atoms with van der Waals surface area (Å²) in [6.45, 7) is 0.825. The third kappa shape index (κ3) is 4.70. The molecule has 1 aromatic heterocycles. The van der Waals surface area contributed by atoms with Crippen LogP contribution in [0.2, 0.25) is 0 Å². The average molecular weight is 335 g/mol. The summed E-state index contributed by atoms with van der Waals surface area (Å²) in [5.41, 5.74) is 3.19.